The van der Waals surface area contributed by atoms with Gasteiger partial charge in [-0.15, -0.1) is 0 Å². The summed E-state index contributed by atoms with van der Waals surface area (Å²) in [5.74, 6) is -0.992. The maximum atomic E-state index is 14.4. The molecule has 1 atom stereocenters. The molecule has 0 saturated heterocycles. The van der Waals surface area contributed by atoms with Gasteiger partial charge in [0, 0.05) is 11.8 Å². The fourth-order valence-corrected chi connectivity index (χ4v) is 4.80. The third-order valence-corrected chi connectivity index (χ3v) is 6.71. The van der Waals surface area contributed by atoms with Crippen molar-refractivity contribution in [1.82, 2.24) is 4.90 Å². The van der Waals surface area contributed by atoms with Crippen LogP contribution in [0, 0.1) is 17.6 Å². The number of nitrogens with one attached hydrogen (secondary N) is 1. The molecule has 0 saturated carbocycles. The van der Waals surface area contributed by atoms with Crippen LogP contribution in [0.4, 0.5) is 19.3 Å². The molecule has 0 bridgehead atoms. The van der Waals surface area contributed by atoms with E-state index in [2.05, 4.69) is 23.5 Å². The Morgan fingerprint density at radius 1 is 1.03 bits per heavy atom. The SMILES string of the molecule is COc1cc(CN(C(=O)Nc2ccc(F)cc2F)C2=CCCCC(Cc3ccccc3)C2)cc(OC)c1O. The fraction of sp³-hybridized carbons (Fsp3) is 0.300. The largest absolute Gasteiger partial charge is 0.502 e. The average Bonchev–Trinajstić information content (AvgIpc) is 3.15. The average molecular weight is 523 g/mol. The van der Waals surface area contributed by atoms with Crippen LogP contribution in [0.2, 0.25) is 0 Å². The first-order valence-electron chi connectivity index (χ1n) is 12.6. The van der Waals surface area contributed by atoms with Gasteiger partial charge in [0.05, 0.1) is 26.5 Å². The van der Waals surface area contributed by atoms with Crippen molar-refractivity contribution in [3.63, 3.8) is 0 Å². The van der Waals surface area contributed by atoms with E-state index >= 15 is 0 Å². The Bertz CT molecular complexity index is 1270. The van der Waals surface area contributed by atoms with E-state index in [0.29, 0.717) is 17.9 Å². The zero-order chi connectivity index (χ0) is 27.1. The van der Waals surface area contributed by atoms with Crippen molar-refractivity contribution in [2.45, 2.75) is 38.6 Å². The molecule has 6 nitrogen and oxygen atoms in total. The number of phenols is 1. The zero-order valence-corrected chi connectivity index (χ0v) is 21.5. The number of urea groups is 1. The lowest BCUT2D eigenvalue weighted by molar-refractivity contribution is 0.219. The first-order valence-corrected chi connectivity index (χ1v) is 12.6. The second-order valence-electron chi connectivity index (χ2n) is 9.38. The summed E-state index contributed by atoms with van der Waals surface area (Å²) < 4.78 is 38.4. The molecule has 2 N–H and O–H groups in total. The summed E-state index contributed by atoms with van der Waals surface area (Å²) in [4.78, 5) is 15.2. The number of aromatic hydroxyl groups is 1. The molecule has 38 heavy (non-hydrogen) atoms. The Labute approximate surface area is 221 Å². The topological polar surface area (TPSA) is 71.0 Å². The van der Waals surface area contributed by atoms with E-state index in [1.807, 2.05) is 18.2 Å². The van der Waals surface area contributed by atoms with E-state index in [9.17, 15) is 18.7 Å². The summed E-state index contributed by atoms with van der Waals surface area (Å²) in [6.07, 6.45) is 6.39. The second kappa shape index (κ2) is 12.4. The van der Waals surface area contributed by atoms with E-state index in [1.54, 1.807) is 17.0 Å². The van der Waals surface area contributed by atoms with Gasteiger partial charge in [0.25, 0.3) is 0 Å². The Balaban J connectivity index is 1.65. The third kappa shape index (κ3) is 6.62. The van der Waals surface area contributed by atoms with Crippen LogP contribution in [0.15, 0.2) is 72.4 Å². The number of carbonyl (C=O) groups excluding carboxylic acids is 1. The first-order chi connectivity index (χ1) is 18.4. The molecule has 0 heterocycles. The van der Waals surface area contributed by atoms with Crippen LogP contribution in [0.5, 0.6) is 17.2 Å². The van der Waals surface area contributed by atoms with Crippen molar-refractivity contribution >= 4 is 11.7 Å². The summed E-state index contributed by atoms with van der Waals surface area (Å²) >= 11 is 0. The first kappa shape index (κ1) is 27.0. The quantitative estimate of drug-likeness (QED) is 0.333. The van der Waals surface area contributed by atoms with Crippen molar-refractivity contribution in [3.8, 4) is 17.2 Å². The third-order valence-electron chi connectivity index (χ3n) is 6.71. The summed E-state index contributed by atoms with van der Waals surface area (Å²) in [6, 6.07) is 16.0. The molecule has 4 rings (SSSR count). The summed E-state index contributed by atoms with van der Waals surface area (Å²) in [6.45, 7) is 0.117. The van der Waals surface area contributed by atoms with Crippen molar-refractivity contribution in [1.29, 1.82) is 0 Å². The molecule has 8 heteroatoms. The number of carbonyl (C=O) groups is 1. The minimum atomic E-state index is -0.858. The molecule has 0 radical (unpaired) electrons. The molecule has 0 spiro atoms. The minimum absolute atomic E-state index is 0.114. The van der Waals surface area contributed by atoms with Gasteiger partial charge in [-0.2, -0.15) is 0 Å². The molecule has 1 aliphatic carbocycles. The lowest BCUT2D eigenvalue weighted by Gasteiger charge is -2.28. The standard InChI is InChI=1S/C30H32F2N2O4/c1-37-27-16-22(17-28(38-2)29(27)35)19-34(30(36)33-26-13-12-23(31)18-25(26)32)24-11-7-6-10-21(15-24)14-20-8-4-3-5-9-20/h3-5,8-9,11-13,16-18,21,35H,6-7,10,14-15,19H2,1-2H3,(H,33,36). The van der Waals surface area contributed by atoms with Gasteiger partial charge in [0.15, 0.2) is 11.5 Å². The van der Waals surface area contributed by atoms with Gasteiger partial charge < -0.3 is 19.9 Å². The molecule has 0 aromatic heterocycles. The van der Waals surface area contributed by atoms with Crippen LogP contribution in [-0.2, 0) is 13.0 Å². The van der Waals surface area contributed by atoms with Crippen LogP contribution in [0.1, 0.15) is 36.8 Å². The Morgan fingerprint density at radius 2 is 1.74 bits per heavy atom. The van der Waals surface area contributed by atoms with Crippen LogP contribution >= 0.6 is 0 Å². The highest BCUT2D eigenvalue weighted by Gasteiger charge is 2.25. The number of methoxy groups -OCH3 is 2. The van der Waals surface area contributed by atoms with E-state index in [-0.39, 0.29) is 29.5 Å². The van der Waals surface area contributed by atoms with Crippen LogP contribution in [0.25, 0.3) is 0 Å². The highest BCUT2D eigenvalue weighted by molar-refractivity contribution is 5.90. The molecule has 1 aliphatic rings. The predicted octanol–water partition coefficient (Wildman–Crippen LogP) is 7.04. The predicted molar refractivity (Wildman–Crippen MR) is 142 cm³/mol. The Kier molecular flexibility index (Phi) is 8.84. The molecular weight excluding hydrogens is 490 g/mol. The van der Waals surface area contributed by atoms with E-state index < -0.39 is 17.7 Å². The van der Waals surface area contributed by atoms with Crippen molar-refractivity contribution in [2.24, 2.45) is 5.92 Å². The fourth-order valence-electron chi connectivity index (χ4n) is 4.80. The Hall–Kier alpha value is -4.07. The van der Waals surface area contributed by atoms with E-state index in [0.717, 1.165) is 43.5 Å². The van der Waals surface area contributed by atoms with Crippen LogP contribution in [-0.4, -0.2) is 30.3 Å². The normalized spacial score (nSPS) is 15.3. The minimum Gasteiger partial charge on any atom is -0.502 e. The number of hydrogen-bond donors (Lipinski definition) is 2. The highest BCUT2D eigenvalue weighted by Crippen LogP contribution is 2.38. The number of halogens is 2. The van der Waals surface area contributed by atoms with Gasteiger partial charge in [0.2, 0.25) is 5.75 Å². The number of phenolic OH excluding ortho intramolecular Hbond substituents is 1. The van der Waals surface area contributed by atoms with Gasteiger partial charge in [0.1, 0.15) is 11.6 Å². The van der Waals surface area contributed by atoms with Crippen molar-refractivity contribution in [3.05, 3.63) is 95.2 Å². The summed E-state index contributed by atoms with van der Waals surface area (Å²) in [5.41, 5.74) is 2.58. The number of allylic oxidation sites excluding steroid dienone is 2. The van der Waals surface area contributed by atoms with Gasteiger partial charge in [-0.3, -0.25) is 4.90 Å². The van der Waals surface area contributed by atoms with Crippen LogP contribution in [0.3, 0.4) is 0 Å². The lowest BCUT2D eigenvalue weighted by atomic mass is 9.92. The molecule has 3 aromatic rings. The van der Waals surface area contributed by atoms with Crippen LogP contribution < -0.4 is 14.8 Å². The molecule has 200 valence electrons. The lowest BCUT2D eigenvalue weighted by Crippen LogP contribution is -2.35. The number of anilines is 1. The molecular formula is C30H32F2N2O4. The van der Waals surface area contributed by atoms with Crippen molar-refractivity contribution < 1.29 is 28.2 Å². The molecule has 3 aromatic carbocycles. The van der Waals surface area contributed by atoms with Gasteiger partial charge >= 0.3 is 6.03 Å². The number of ether oxygens (including phenoxy) is 2. The molecule has 0 aliphatic heterocycles. The summed E-state index contributed by atoms with van der Waals surface area (Å²) in [7, 11) is 2.87. The number of nitrogens with zero attached hydrogens (tertiary/aromatic N) is 1. The van der Waals surface area contributed by atoms with Gasteiger partial charge in [-0.25, -0.2) is 13.6 Å². The van der Waals surface area contributed by atoms with Gasteiger partial charge in [-0.05, 0) is 73.4 Å². The smallest absolute Gasteiger partial charge is 0.326 e. The van der Waals surface area contributed by atoms with Gasteiger partial charge in [-0.1, -0.05) is 36.4 Å². The zero-order valence-electron chi connectivity index (χ0n) is 21.5. The van der Waals surface area contributed by atoms with E-state index in [4.69, 9.17) is 9.47 Å². The monoisotopic (exact) mass is 522 g/mol. The number of rotatable bonds is 8. The number of benzene rings is 3. The maximum Gasteiger partial charge on any atom is 0.326 e. The molecule has 1 unspecified atom stereocenters. The second-order valence-corrected chi connectivity index (χ2v) is 9.38. The Morgan fingerprint density at radius 3 is 2.39 bits per heavy atom. The molecule has 2 amide bonds. The summed E-state index contributed by atoms with van der Waals surface area (Å²) in [5, 5.41) is 12.9. The molecule has 0 fully saturated rings. The number of amides is 2. The van der Waals surface area contributed by atoms with Crippen molar-refractivity contribution in [2.75, 3.05) is 19.5 Å². The maximum absolute atomic E-state index is 14.4. The van der Waals surface area contributed by atoms with E-state index in [1.165, 1.54) is 25.8 Å². The highest BCUT2D eigenvalue weighted by atomic mass is 19.1. The number of hydrogen-bond acceptors (Lipinski definition) is 4.